The van der Waals surface area contributed by atoms with Crippen LogP contribution in [0.25, 0.3) is 0 Å². The van der Waals surface area contributed by atoms with E-state index < -0.39 is 0 Å². The molecule has 2 N–H and O–H groups in total. The molecule has 2 atom stereocenters. The smallest absolute Gasteiger partial charge is 0.232 e. The fourth-order valence-electron chi connectivity index (χ4n) is 2.87. The van der Waals surface area contributed by atoms with Crippen molar-refractivity contribution < 1.29 is 4.74 Å². The van der Waals surface area contributed by atoms with Crippen molar-refractivity contribution in [2.75, 3.05) is 13.2 Å². The van der Waals surface area contributed by atoms with Gasteiger partial charge in [-0.05, 0) is 56.7 Å². The number of hydrogen-bond acceptors (Lipinski definition) is 4. The molecule has 1 aliphatic carbocycles. The number of hydrogen-bond donors (Lipinski definition) is 1. The van der Waals surface area contributed by atoms with Gasteiger partial charge in [0, 0.05) is 5.69 Å². The highest BCUT2D eigenvalue weighted by molar-refractivity contribution is 5.45. The zero-order chi connectivity index (χ0) is 13.8. The third kappa shape index (κ3) is 3.05. The van der Waals surface area contributed by atoms with E-state index in [-0.39, 0.29) is 0 Å². The van der Waals surface area contributed by atoms with Gasteiger partial charge in [0.25, 0.3) is 0 Å². The molecule has 2 unspecified atom stereocenters. The van der Waals surface area contributed by atoms with Crippen LogP contribution in [0.1, 0.15) is 36.1 Å². The van der Waals surface area contributed by atoms with Crippen molar-refractivity contribution in [1.82, 2.24) is 4.98 Å². The van der Waals surface area contributed by atoms with Crippen molar-refractivity contribution >= 4 is 0 Å². The van der Waals surface area contributed by atoms with Crippen molar-refractivity contribution in [1.29, 1.82) is 5.26 Å². The highest BCUT2D eigenvalue weighted by Crippen LogP contribution is 2.31. The Hall–Kier alpha value is -1.60. The first-order valence-electron chi connectivity index (χ1n) is 6.87. The highest BCUT2D eigenvalue weighted by Gasteiger charge is 2.27. The van der Waals surface area contributed by atoms with E-state index in [2.05, 4.69) is 11.1 Å². The molecule has 2 rings (SSSR count). The predicted octanol–water partition coefficient (Wildman–Crippen LogP) is 2.32. The maximum absolute atomic E-state index is 9.19. The highest BCUT2D eigenvalue weighted by atomic mass is 16.5. The lowest BCUT2D eigenvalue weighted by atomic mass is 9.97. The number of rotatable bonds is 4. The Balaban J connectivity index is 2.09. The van der Waals surface area contributed by atoms with E-state index >= 15 is 0 Å². The molecule has 19 heavy (non-hydrogen) atoms. The summed E-state index contributed by atoms with van der Waals surface area (Å²) in [5, 5.41) is 9.19. The molecule has 0 amide bonds. The van der Waals surface area contributed by atoms with Crippen LogP contribution in [0, 0.1) is 37.0 Å². The summed E-state index contributed by atoms with van der Waals surface area (Å²) in [6, 6.07) is 4.09. The third-order valence-corrected chi connectivity index (χ3v) is 3.98. The van der Waals surface area contributed by atoms with Crippen LogP contribution in [-0.4, -0.2) is 18.1 Å². The molecule has 4 nitrogen and oxygen atoms in total. The van der Waals surface area contributed by atoms with Gasteiger partial charge in [-0.1, -0.05) is 6.42 Å². The lowest BCUT2D eigenvalue weighted by molar-refractivity contribution is 0.209. The minimum atomic E-state index is 0.475. The van der Waals surface area contributed by atoms with Crippen molar-refractivity contribution in [3.8, 4) is 11.9 Å². The summed E-state index contributed by atoms with van der Waals surface area (Å²) < 4.78 is 5.82. The van der Waals surface area contributed by atoms with Crippen LogP contribution in [0.2, 0.25) is 0 Å². The maximum atomic E-state index is 9.19. The fraction of sp³-hybridized carbons (Fsp3) is 0.600. The van der Waals surface area contributed by atoms with Crippen LogP contribution in [0.3, 0.4) is 0 Å². The Morgan fingerprint density at radius 3 is 2.84 bits per heavy atom. The number of ether oxygens (including phenoxy) is 1. The fourth-order valence-corrected chi connectivity index (χ4v) is 2.87. The molecule has 1 heterocycles. The van der Waals surface area contributed by atoms with Crippen LogP contribution in [0.5, 0.6) is 5.88 Å². The largest absolute Gasteiger partial charge is 0.476 e. The van der Waals surface area contributed by atoms with Gasteiger partial charge in [-0.25, -0.2) is 4.98 Å². The van der Waals surface area contributed by atoms with Gasteiger partial charge in [-0.2, -0.15) is 5.26 Å². The molecule has 4 heteroatoms. The molecular weight excluding hydrogens is 238 g/mol. The van der Waals surface area contributed by atoms with Gasteiger partial charge in [-0.15, -0.1) is 0 Å². The Morgan fingerprint density at radius 2 is 2.16 bits per heavy atom. The zero-order valence-electron chi connectivity index (χ0n) is 11.6. The second-order valence-electron chi connectivity index (χ2n) is 5.37. The number of pyridine rings is 1. The summed E-state index contributed by atoms with van der Waals surface area (Å²) in [4.78, 5) is 4.34. The molecule has 1 aromatic heterocycles. The standard InChI is InChI=1S/C15H21N3O/c1-10-6-11(2)18-15(14(10)8-17)19-9-13-5-3-4-12(13)7-16/h6,12-13H,3-5,7,9,16H2,1-2H3. The Morgan fingerprint density at radius 1 is 1.42 bits per heavy atom. The van der Waals surface area contributed by atoms with Gasteiger partial charge in [0.1, 0.15) is 11.6 Å². The third-order valence-electron chi connectivity index (χ3n) is 3.98. The molecule has 0 bridgehead atoms. The number of nitriles is 1. The van der Waals surface area contributed by atoms with Gasteiger partial charge < -0.3 is 10.5 Å². The average Bonchev–Trinajstić information content (AvgIpc) is 2.83. The van der Waals surface area contributed by atoms with E-state index in [9.17, 15) is 5.26 Å². The normalized spacial score (nSPS) is 22.2. The van der Waals surface area contributed by atoms with Crippen LogP contribution >= 0.6 is 0 Å². The molecule has 0 aromatic carbocycles. The molecule has 1 aromatic rings. The summed E-state index contributed by atoms with van der Waals surface area (Å²) in [5.74, 6) is 1.53. The first-order chi connectivity index (χ1) is 9.15. The van der Waals surface area contributed by atoms with Gasteiger partial charge >= 0.3 is 0 Å². The Kier molecular flexibility index (Phi) is 4.39. The van der Waals surface area contributed by atoms with E-state index in [4.69, 9.17) is 10.5 Å². The van der Waals surface area contributed by atoms with Gasteiger partial charge in [0.05, 0.1) is 6.61 Å². The predicted molar refractivity (Wildman–Crippen MR) is 73.8 cm³/mol. The van der Waals surface area contributed by atoms with Crippen LogP contribution in [0.4, 0.5) is 0 Å². The number of nitrogens with two attached hydrogens (primary N) is 1. The van der Waals surface area contributed by atoms with Gasteiger partial charge in [0.2, 0.25) is 5.88 Å². The molecule has 0 saturated heterocycles. The quantitative estimate of drug-likeness (QED) is 0.900. The monoisotopic (exact) mass is 259 g/mol. The van der Waals surface area contributed by atoms with Gasteiger partial charge in [-0.3, -0.25) is 0 Å². The topological polar surface area (TPSA) is 71.9 Å². The number of aromatic nitrogens is 1. The van der Waals surface area contributed by atoms with E-state index in [0.29, 0.717) is 29.9 Å². The lowest BCUT2D eigenvalue weighted by Crippen LogP contribution is -2.23. The number of aryl methyl sites for hydroxylation is 2. The first-order valence-corrected chi connectivity index (χ1v) is 6.87. The Labute approximate surface area is 114 Å². The van der Waals surface area contributed by atoms with E-state index in [0.717, 1.165) is 24.2 Å². The SMILES string of the molecule is Cc1cc(C)c(C#N)c(OCC2CCCC2CN)n1. The molecular formula is C15H21N3O. The summed E-state index contributed by atoms with van der Waals surface area (Å²) in [6.07, 6.45) is 3.58. The van der Waals surface area contributed by atoms with E-state index in [1.54, 1.807) is 0 Å². The van der Waals surface area contributed by atoms with Crippen molar-refractivity contribution in [3.05, 3.63) is 22.9 Å². The van der Waals surface area contributed by atoms with Gasteiger partial charge in [0.15, 0.2) is 0 Å². The lowest BCUT2D eigenvalue weighted by Gasteiger charge is -2.18. The summed E-state index contributed by atoms with van der Waals surface area (Å²) >= 11 is 0. The molecule has 1 saturated carbocycles. The Bertz CT molecular complexity index is 493. The number of nitrogens with zero attached hydrogens (tertiary/aromatic N) is 2. The maximum Gasteiger partial charge on any atom is 0.232 e. The molecule has 0 radical (unpaired) electrons. The van der Waals surface area contributed by atoms with Crippen LogP contribution in [0.15, 0.2) is 6.07 Å². The summed E-state index contributed by atoms with van der Waals surface area (Å²) in [5.41, 5.74) is 8.13. The molecule has 102 valence electrons. The summed E-state index contributed by atoms with van der Waals surface area (Å²) in [6.45, 7) is 5.17. The first kappa shape index (κ1) is 13.8. The van der Waals surface area contributed by atoms with Crippen LogP contribution in [-0.2, 0) is 0 Å². The minimum Gasteiger partial charge on any atom is -0.476 e. The average molecular weight is 259 g/mol. The molecule has 0 aliphatic heterocycles. The molecule has 0 spiro atoms. The molecule has 1 fully saturated rings. The second-order valence-corrected chi connectivity index (χ2v) is 5.37. The van der Waals surface area contributed by atoms with Crippen molar-refractivity contribution in [2.24, 2.45) is 17.6 Å². The molecule has 1 aliphatic rings. The van der Waals surface area contributed by atoms with Crippen molar-refractivity contribution in [2.45, 2.75) is 33.1 Å². The minimum absolute atomic E-state index is 0.475. The summed E-state index contributed by atoms with van der Waals surface area (Å²) in [7, 11) is 0. The van der Waals surface area contributed by atoms with E-state index in [1.807, 2.05) is 19.9 Å². The van der Waals surface area contributed by atoms with Crippen LogP contribution < -0.4 is 10.5 Å². The van der Waals surface area contributed by atoms with Crippen molar-refractivity contribution in [3.63, 3.8) is 0 Å². The second kappa shape index (κ2) is 6.03. The van der Waals surface area contributed by atoms with E-state index in [1.165, 1.54) is 12.8 Å². The zero-order valence-corrected chi connectivity index (χ0v) is 11.6.